The Morgan fingerprint density at radius 2 is 1.65 bits per heavy atom. The Balaban J connectivity index is 2.44. The van der Waals surface area contributed by atoms with Gasteiger partial charge in [0.25, 0.3) is 0 Å². The molecule has 1 unspecified atom stereocenters. The van der Waals surface area contributed by atoms with Crippen LogP contribution in [0.1, 0.15) is 22.1 Å². The van der Waals surface area contributed by atoms with Crippen LogP contribution in [0.5, 0.6) is 11.5 Å². The summed E-state index contributed by atoms with van der Waals surface area (Å²) in [6, 6.07) is 11.4. The van der Waals surface area contributed by atoms with E-state index in [9.17, 15) is 0 Å². The van der Waals surface area contributed by atoms with Crippen LogP contribution in [0.25, 0.3) is 0 Å². The number of methoxy groups -OCH3 is 2. The van der Waals surface area contributed by atoms with Crippen molar-refractivity contribution in [3.63, 3.8) is 0 Å². The highest BCUT2D eigenvalue weighted by atomic mass is 35.5. The fraction of sp³-hybridized carbons (Fsp3) is 0.250. The van der Waals surface area contributed by atoms with Crippen LogP contribution in [-0.4, -0.2) is 14.2 Å². The van der Waals surface area contributed by atoms with E-state index >= 15 is 0 Å². The summed E-state index contributed by atoms with van der Waals surface area (Å²) in [4.78, 5) is 0. The monoisotopic (exact) mass is 310 g/mol. The van der Waals surface area contributed by atoms with E-state index in [1.807, 2.05) is 43.3 Å². The van der Waals surface area contributed by atoms with Crippen LogP contribution in [0.2, 0.25) is 5.02 Å². The van der Waals surface area contributed by atoms with Gasteiger partial charge in [-0.2, -0.15) is 0 Å². The first-order valence-corrected chi connectivity index (χ1v) is 7.00. The Labute approximate surface area is 129 Å². The van der Waals surface area contributed by atoms with Gasteiger partial charge in [0.15, 0.2) is 0 Å². The van der Waals surface area contributed by atoms with Crippen LogP contribution in [0.3, 0.4) is 0 Å². The van der Waals surface area contributed by atoms with Crippen LogP contribution in [0.15, 0.2) is 36.4 Å². The zero-order chi connectivity index (χ0) is 14.7. The van der Waals surface area contributed by atoms with Crippen molar-refractivity contribution in [2.45, 2.75) is 12.3 Å². The quantitative estimate of drug-likeness (QED) is 0.740. The molecule has 0 saturated carbocycles. The fourth-order valence-electron chi connectivity index (χ4n) is 2.03. The summed E-state index contributed by atoms with van der Waals surface area (Å²) in [7, 11) is 3.22. The Morgan fingerprint density at radius 3 is 2.25 bits per heavy atom. The number of alkyl halides is 1. The van der Waals surface area contributed by atoms with E-state index < -0.39 is 0 Å². The van der Waals surface area contributed by atoms with E-state index in [0.29, 0.717) is 10.8 Å². The second kappa shape index (κ2) is 6.38. The lowest BCUT2D eigenvalue weighted by molar-refractivity contribution is 0.391. The molecule has 0 aliphatic heterocycles. The van der Waals surface area contributed by atoms with E-state index in [0.717, 1.165) is 22.4 Å². The molecular weight excluding hydrogens is 295 g/mol. The highest BCUT2D eigenvalue weighted by Crippen LogP contribution is 2.39. The number of hydrogen-bond acceptors (Lipinski definition) is 2. The largest absolute Gasteiger partial charge is 0.497 e. The molecule has 0 aromatic heterocycles. The molecule has 0 N–H and O–H groups in total. The smallest absolute Gasteiger partial charge is 0.127 e. The van der Waals surface area contributed by atoms with Gasteiger partial charge in [-0.05, 0) is 36.2 Å². The third kappa shape index (κ3) is 3.02. The average molecular weight is 311 g/mol. The van der Waals surface area contributed by atoms with Crippen LogP contribution < -0.4 is 9.47 Å². The zero-order valence-corrected chi connectivity index (χ0v) is 13.1. The summed E-state index contributed by atoms with van der Waals surface area (Å²) in [5, 5.41) is 0.284. The van der Waals surface area contributed by atoms with E-state index in [1.165, 1.54) is 0 Å². The lowest BCUT2D eigenvalue weighted by Crippen LogP contribution is -1.99. The number of rotatable bonds is 4. The van der Waals surface area contributed by atoms with Crippen molar-refractivity contribution < 1.29 is 9.47 Å². The highest BCUT2D eigenvalue weighted by Gasteiger charge is 2.18. The van der Waals surface area contributed by atoms with Crippen molar-refractivity contribution in [1.29, 1.82) is 0 Å². The molecule has 106 valence electrons. The first kappa shape index (κ1) is 15.0. The maximum absolute atomic E-state index is 6.56. The number of benzene rings is 2. The van der Waals surface area contributed by atoms with Gasteiger partial charge in [-0.15, -0.1) is 11.6 Å². The molecule has 0 saturated heterocycles. The summed E-state index contributed by atoms with van der Waals surface area (Å²) in [5.41, 5.74) is 2.83. The molecule has 0 heterocycles. The molecule has 4 heteroatoms. The first-order chi connectivity index (χ1) is 9.56. The first-order valence-electron chi connectivity index (χ1n) is 6.19. The molecule has 1 atom stereocenters. The summed E-state index contributed by atoms with van der Waals surface area (Å²) in [5.74, 6) is 1.41. The average Bonchev–Trinajstić information content (AvgIpc) is 2.46. The second-order valence-electron chi connectivity index (χ2n) is 4.50. The summed E-state index contributed by atoms with van der Waals surface area (Å²) < 4.78 is 10.6. The molecule has 0 fully saturated rings. The third-order valence-electron chi connectivity index (χ3n) is 3.14. The molecular formula is C16H16Cl2O2. The summed E-state index contributed by atoms with van der Waals surface area (Å²) in [6.45, 7) is 1.99. The molecule has 20 heavy (non-hydrogen) atoms. The highest BCUT2D eigenvalue weighted by molar-refractivity contribution is 6.33. The van der Waals surface area contributed by atoms with Gasteiger partial charge in [-0.25, -0.2) is 0 Å². The van der Waals surface area contributed by atoms with Crippen LogP contribution in [0.4, 0.5) is 0 Å². The Kier molecular flexibility index (Phi) is 4.79. The predicted octanol–water partition coefficient (Wildman–Crippen LogP) is 4.99. The third-order valence-corrected chi connectivity index (χ3v) is 3.94. The normalized spacial score (nSPS) is 12.1. The molecule has 0 amide bonds. The number of hydrogen-bond donors (Lipinski definition) is 0. The zero-order valence-electron chi connectivity index (χ0n) is 11.6. The minimum absolute atomic E-state index is 0.371. The van der Waals surface area contributed by atoms with Gasteiger partial charge in [-0.3, -0.25) is 0 Å². The van der Waals surface area contributed by atoms with E-state index in [4.69, 9.17) is 32.7 Å². The van der Waals surface area contributed by atoms with Crippen molar-refractivity contribution in [2.75, 3.05) is 14.2 Å². The second-order valence-corrected chi connectivity index (χ2v) is 5.34. The lowest BCUT2D eigenvalue weighted by Gasteiger charge is -2.16. The van der Waals surface area contributed by atoms with E-state index in [1.54, 1.807) is 14.2 Å². The van der Waals surface area contributed by atoms with Crippen LogP contribution in [0, 0.1) is 6.92 Å². The van der Waals surface area contributed by atoms with Crippen molar-refractivity contribution in [3.8, 4) is 11.5 Å². The Morgan fingerprint density at radius 1 is 0.950 bits per heavy atom. The standard InChI is InChI=1S/C16H16Cl2O2/c1-10-4-6-12(14(17)8-10)16(18)13-7-5-11(19-2)9-15(13)20-3/h4-9,16H,1-3H3. The van der Waals surface area contributed by atoms with Gasteiger partial charge in [0.2, 0.25) is 0 Å². The minimum Gasteiger partial charge on any atom is -0.497 e. The van der Waals surface area contributed by atoms with Crippen molar-refractivity contribution in [2.24, 2.45) is 0 Å². The summed E-state index contributed by atoms with van der Waals surface area (Å²) >= 11 is 12.8. The van der Waals surface area contributed by atoms with Gasteiger partial charge >= 0.3 is 0 Å². The van der Waals surface area contributed by atoms with E-state index in [-0.39, 0.29) is 5.38 Å². The molecule has 0 aliphatic carbocycles. The molecule has 0 aliphatic rings. The Bertz CT molecular complexity index is 611. The SMILES string of the molecule is COc1ccc(C(Cl)c2ccc(C)cc2Cl)c(OC)c1. The fourth-order valence-corrected chi connectivity index (χ4v) is 2.80. The molecule has 2 nitrogen and oxygen atoms in total. The number of ether oxygens (including phenoxy) is 2. The summed E-state index contributed by atoms with van der Waals surface area (Å²) in [6.07, 6.45) is 0. The molecule has 2 aromatic rings. The Hall–Kier alpha value is -1.38. The van der Waals surface area contributed by atoms with Gasteiger partial charge in [0.05, 0.1) is 19.6 Å². The van der Waals surface area contributed by atoms with Gasteiger partial charge in [-0.1, -0.05) is 23.7 Å². The number of aryl methyl sites for hydroxylation is 1. The molecule has 0 spiro atoms. The molecule has 2 rings (SSSR count). The molecule has 0 bridgehead atoms. The van der Waals surface area contributed by atoms with E-state index in [2.05, 4.69) is 0 Å². The van der Waals surface area contributed by atoms with Gasteiger partial charge < -0.3 is 9.47 Å². The molecule has 2 aromatic carbocycles. The number of halogens is 2. The predicted molar refractivity (Wildman–Crippen MR) is 83.4 cm³/mol. The van der Waals surface area contributed by atoms with Gasteiger partial charge in [0, 0.05) is 16.7 Å². The lowest BCUT2D eigenvalue weighted by atomic mass is 10.0. The topological polar surface area (TPSA) is 18.5 Å². The maximum Gasteiger partial charge on any atom is 0.127 e. The van der Waals surface area contributed by atoms with Gasteiger partial charge in [0.1, 0.15) is 11.5 Å². The molecule has 0 radical (unpaired) electrons. The van der Waals surface area contributed by atoms with Crippen LogP contribution in [-0.2, 0) is 0 Å². The van der Waals surface area contributed by atoms with Crippen molar-refractivity contribution in [3.05, 3.63) is 58.1 Å². The van der Waals surface area contributed by atoms with Crippen molar-refractivity contribution in [1.82, 2.24) is 0 Å². The van der Waals surface area contributed by atoms with Crippen LogP contribution >= 0.6 is 23.2 Å². The minimum atomic E-state index is -0.371. The maximum atomic E-state index is 6.56. The van der Waals surface area contributed by atoms with Crippen molar-refractivity contribution >= 4 is 23.2 Å².